The van der Waals surface area contributed by atoms with E-state index in [9.17, 15) is 0 Å². The molecule has 0 bridgehead atoms. The predicted molar refractivity (Wildman–Crippen MR) is 81.6 cm³/mol. The normalized spacial score (nSPS) is 11.4. The maximum Gasteiger partial charge on any atom is 0.0997 e. The molecule has 0 unspecified atom stereocenters. The number of nitrogen functional groups attached to an aromatic ring is 1. The largest absolute Gasteiger partial charge is 0.398 e. The van der Waals surface area contributed by atoms with Gasteiger partial charge in [-0.3, -0.25) is 0 Å². The summed E-state index contributed by atoms with van der Waals surface area (Å²) < 4.78 is 0. The molecule has 2 aromatic rings. The fraction of sp³-hybridized carbons (Fsp3) is 0.133. The lowest BCUT2D eigenvalue weighted by atomic mass is 10.0. The molecule has 0 aromatic heterocycles. The van der Waals surface area contributed by atoms with E-state index in [1.54, 1.807) is 17.1 Å². The third-order valence-electron chi connectivity index (χ3n) is 2.62. The maximum absolute atomic E-state index is 6.06. The van der Waals surface area contributed by atoms with Gasteiger partial charge in [0, 0.05) is 35.9 Å². The van der Waals surface area contributed by atoms with Gasteiger partial charge in [0.25, 0.3) is 0 Å². The van der Waals surface area contributed by atoms with Gasteiger partial charge in [0.15, 0.2) is 0 Å². The third-order valence-corrected chi connectivity index (χ3v) is 2.85. The number of hydrogen-bond acceptors (Lipinski definition) is 3. The van der Waals surface area contributed by atoms with Crippen molar-refractivity contribution in [1.29, 1.82) is 0 Å². The molecule has 0 aliphatic rings. The van der Waals surface area contributed by atoms with Gasteiger partial charge in [-0.2, -0.15) is 5.10 Å². The van der Waals surface area contributed by atoms with Crippen molar-refractivity contribution in [3.05, 3.63) is 64.7 Å². The molecular weight excluding hydrogens is 258 g/mol. The number of benzene rings is 2. The fourth-order valence-corrected chi connectivity index (χ4v) is 1.97. The standard InChI is InChI=1S/C15H16ClN3/c1-19(2)18-15(11-6-4-3-5-7-11)13-10-12(16)8-9-14(13)17/h3-10H,17H2,1-2H3/b18-15+. The summed E-state index contributed by atoms with van der Waals surface area (Å²) in [6.45, 7) is 0. The quantitative estimate of drug-likeness (QED) is 0.530. The highest BCUT2D eigenvalue weighted by Gasteiger charge is 2.11. The Balaban J connectivity index is 2.59. The van der Waals surface area contributed by atoms with E-state index in [0.29, 0.717) is 10.7 Å². The fourth-order valence-electron chi connectivity index (χ4n) is 1.80. The van der Waals surface area contributed by atoms with Gasteiger partial charge in [0.05, 0.1) is 5.71 Å². The molecule has 2 rings (SSSR count). The molecule has 0 saturated heterocycles. The van der Waals surface area contributed by atoms with Crippen molar-refractivity contribution in [2.24, 2.45) is 5.10 Å². The van der Waals surface area contributed by atoms with Crippen LogP contribution in [0.2, 0.25) is 5.02 Å². The first-order valence-corrected chi connectivity index (χ1v) is 6.32. The van der Waals surface area contributed by atoms with E-state index in [4.69, 9.17) is 17.3 Å². The van der Waals surface area contributed by atoms with Crippen LogP contribution >= 0.6 is 11.6 Å². The second-order valence-corrected chi connectivity index (χ2v) is 4.83. The van der Waals surface area contributed by atoms with Gasteiger partial charge < -0.3 is 10.7 Å². The summed E-state index contributed by atoms with van der Waals surface area (Å²) in [7, 11) is 3.76. The van der Waals surface area contributed by atoms with Crippen molar-refractivity contribution in [1.82, 2.24) is 5.01 Å². The molecule has 0 aliphatic carbocycles. The molecule has 19 heavy (non-hydrogen) atoms. The molecular formula is C15H16ClN3. The first-order valence-electron chi connectivity index (χ1n) is 5.94. The summed E-state index contributed by atoms with van der Waals surface area (Å²) in [5, 5.41) is 6.93. The molecule has 0 radical (unpaired) electrons. The SMILES string of the molecule is CN(C)/N=C(\c1ccccc1)c1cc(Cl)ccc1N. The Bertz CT molecular complexity index is 592. The predicted octanol–water partition coefficient (Wildman–Crippen LogP) is 3.24. The molecule has 2 aromatic carbocycles. The summed E-state index contributed by atoms with van der Waals surface area (Å²) in [6.07, 6.45) is 0. The zero-order chi connectivity index (χ0) is 13.8. The molecule has 0 heterocycles. The number of hydrazone groups is 1. The van der Waals surface area contributed by atoms with Gasteiger partial charge in [0.1, 0.15) is 0 Å². The molecule has 3 nitrogen and oxygen atoms in total. The Morgan fingerprint density at radius 1 is 1.11 bits per heavy atom. The van der Waals surface area contributed by atoms with Crippen molar-refractivity contribution >= 4 is 23.0 Å². The van der Waals surface area contributed by atoms with Crippen LogP contribution in [0.4, 0.5) is 5.69 Å². The number of anilines is 1. The monoisotopic (exact) mass is 273 g/mol. The zero-order valence-corrected chi connectivity index (χ0v) is 11.7. The van der Waals surface area contributed by atoms with E-state index in [2.05, 4.69) is 5.10 Å². The molecule has 2 N–H and O–H groups in total. The Morgan fingerprint density at radius 2 is 1.79 bits per heavy atom. The van der Waals surface area contributed by atoms with Gasteiger partial charge in [-0.25, -0.2) is 0 Å². The van der Waals surface area contributed by atoms with Crippen LogP contribution in [0.5, 0.6) is 0 Å². The third kappa shape index (κ3) is 3.26. The highest BCUT2D eigenvalue weighted by molar-refractivity contribution is 6.31. The Labute approximate surface area is 118 Å². The molecule has 0 saturated carbocycles. The van der Waals surface area contributed by atoms with Crippen LogP contribution in [0.25, 0.3) is 0 Å². The molecule has 0 spiro atoms. The van der Waals surface area contributed by atoms with Crippen LogP contribution in [0.15, 0.2) is 53.6 Å². The number of halogens is 1. The molecule has 4 heteroatoms. The summed E-state index contributed by atoms with van der Waals surface area (Å²) in [5.74, 6) is 0. The molecule has 0 fully saturated rings. The van der Waals surface area contributed by atoms with Gasteiger partial charge in [-0.05, 0) is 18.2 Å². The lowest BCUT2D eigenvalue weighted by Gasteiger charge is -2.13. The van der Waals surface area contributed by atoms with Crippen molar-refractivity contribution in [2.45, 2.75) is 0 Å². The first kappa shape index (κ1) is 13.4. The summed E-state index contributed by atoms with van der Waals surface area (Å²) >= 11 is 6.06. The highest BCUT2D eigenvalue weighted by atomic mass is 35.5. The van der Waals surface area contributed by atoms with E-state index in [1.807, 2.05) is 50.5 Å². The number of nitrogens with two attached hydrogens (primary N) is 1. The molecule has 0 aliphatic heterocycles. The van der Waals surface area contributed by atoms with E-state index in [0.717, 1.165) is 16.8 Å². The highest BCUT2D eigenvalue weighted by Crippen LogP contribution is 2.22. The van der Waals surface area contributed by atoms with Crippen LogP contribution in [-0.4, -0.2) is 24.8 Å². The van der Waals surface area contributed by atoms with E-state index < -0.39 is 0 Å². The van der Waals surface area contributed by atoms with E-state index >= 15 is 0 Å². The number of nitrogens with zero attached hydrogens (tertiary/aromatic N) is 2. The van der Waals surface area contributed by atoms with Crippen LogP contribution in [0.1, 0.15) is 11.1 Å². The van der Waals surface area contributed by atoms with Gasteiger partial charge >= 0.3 is 0 Å². The second-order valence-electron chi connectivity index (χ2n) is 4.39. The average molecular weight is 274 g/mol. The van der Waals surface area contributed by atoms with Gasteiger partial charge in [0.2, 0.25) is 0 Å². The average Bonchev–Trinajstić information content (AvgIpc) is 2.40. The van der Waals surface area contributed by atoms with Crippen molar-refractivity contribution in [3.63, 3.8) is 0 Å². The Hall–Kier alpha value is -2.00. The van der Waals surface area contributed by atoms with E-state index in [-0.39, 0.29) is 0 Å². The van der Waals surface area contributed by atoms with Crippen LogP contribution in [-0.2, 0) is 0 Å². The van der Waals surface area contributed by atoms with Crippen LogP contribution in [0, 0.1) is 0 Å². The van der Waals surface area contributed by atoms with Gasteiger partial charge in [-0.1, -0.05) is 41.9 Å². The van der Waals surface area contributed by atoms with Crippen molar-refractivity contribution in [3.8, 4) is 0 Å². The second kappa shape index (κ2) is 5.76. The summed E-state index contributed by atoms with van der Waals surface area (Å²) in [4.78, 5) is 0. The smallest absolute Gasteiger partial charge is 0.0997 e. The minimum Gasteiger partial charge on any atom is -0.398 e. The molecule has 98 valence electrons. The number of rotatable bonds is 3. The van der Waals surface area contributed by atoms with E-state index in [1.165, 1.54) is 0 Å². The van der Waals surface area contributed by atoms with Crippen LogP contribution < -0.4 is 5.73 Å². The first-order chi connectivity index (χ1) is 9.08. The topological polar surface area (TPSA) is 41.6 Å². The zero-order valence-electron chi connectivity index (χ0n) is 11.0. The van der Waals surface area contributed by atoms with Gasteiger partial charge in [-0.15, -0.1) is 0 Å². The summed E-state index contributed by atoms with van der Waals surface area (Å²) in [6, 6.07) is 15.3. The van der Waals surface area contributed by atoms with Crippen molar-refractivity contribution < 1.29 is 0 Å². The summed E-state index contributed by atoms with van der Waals surface area (Å²) in [5.41, 5.74) is 9.36. The lowest BCUT2D eigenvalue weighted by Crippen LogP contribution is -2.13. The van der Waals surface area contributed by atoms with Crippen molar-refractivity contribution in [2.75, 3.05) is 19.8 Å². The van der Waals surface area contributed by atoms with Crippen LogP contribution in [0.3, 0.4) is 0 Å². The minimum absolute atomic E-state index is 0.645. The number of hydrogen-bond donors (Lipinski definition) is 1. The lowest BCUT2D eigenvalue weighted by molar-refractivity contribution is 0.438. The Morgan fingerprint density at radius 3 is 2.42 bits per heavy atom. The maximum atomic E-state index is 6.06. The molecule has 0 atom stereocenters. The Kier molecular flexibility index (Phi) is 4.07. The molecule has 0 amide bonds. The minimum atomic E-state index is 0.645.